The van der Waals surface area contributed by atoms with E-state index < -0.39 is 0 Å². The minimum atomic E-state index is -0.378. The highest BCUT2D eigenvalue weighted by Gasteiger charge is 2.25. The summed E-state index contributed by atoms with van der Waals surface area (Å²) in [7, 11) is 0. The summed E-state index contributed by atoms with van der Waals surface area (Å²) < 4.78 is 21.8. The third-order valence-electron chi connectivity index (χ3n) is 4.78. The van der Waals surface area contributed by atoms with Crippen molar-refractivity contribution in [1.82, 2.24) is 25.1 Å². The molecule has 2 aromatic heterocycles. The zero-order valence-electron chi connectivity index (χ0n) is 16.4. The van der Waals surface area contributed by atoms with Gasteiger partial charge in [0.1, 0.15) is 12.1 Å². The highest BCUT2D eigenvalue weighted by Crippen LogP contribution is 2.30. The van der Waals surface area contributed by atoms with Gasteiger partial charge in [-0.25, -0.2) is 9.37 Å². The molecular formula is C22H18FN5O2S. The molecule has 1 N–H and O–H groups in total. The summed E-state index contributed by atoms with van der Waals surface area (Å²) in [6.45, 7) is 0. The first-order valence-electron chi connectivity index (χ1n) is 9.83. The predicted octanol–water partition coefficient (Wildman–Crippen LogP) is 4.25. The van der Waals surface area contributed by atoms with Crippen molar-refractivity contribution < 1.29 is 13.6 Å². The first-order valence-corrected chi connectivity index (χ1v) is 10.8. The van der Waals surface area contributed by atoms with Gasteiger partial charge in [-0.1, -0.05) is 54.2 Å². The van der Waals surface area contributed by atoms with Crippen LogP contribution in [0.1, 0.15) is 29.2 Å². The first kappa shape index (κ1) is 19.5. The lowest BCUT2D eigenvalue weighted by molar-refractivity contribution is 0.0946. The second kappa shape index (κ2) is 8.35. The monoisotopic (exact) mass is 435 g/mol. The van der Waals surface area contributed by atoms with E-state index in [9.17, 15) is 9.18 Å². The van der Waals surface area contributed by atoms with E-state index in [-0.39, 0.29) is 23.5 Å². The van der Waals surface area contributed by atoms with Crippen LogP contribution < -0.4 is 5.32 Å². The molecule has 7 nitrogen and oxygen atoms in total. The number of oxazole rings is 1. The van der Waals surface area contributed by atoms with Crippen LogP contribution in [0.15, 0.2) is 70.4 Å². The number of rotatable bonds is 7. The zero-order valence-corrected chi connectivity index (χ0v) is 17.2. The van der Waals surface area contributed by atoms with Crippen LogP contribution in [0.5, 0.6) is 0 Å². The second-order valence-electron chi connectivity index (χ2n) is 7.12. The Balaban J connectivity index is 1.42. The average molecular weight is 435 g/mol. The highest BCUT2D eigenvalue weighted by molar-refractivity contribution is 7.98. The number of nitrogens with zero attached hydrogens (tertiary/aromatic N) is 4. The van der Waals surface area contributed by atoms with Crippen LogP contribution in [0.25, 0.3) is 17.1 Å². The van der Waals surface area contributed by atoms with E-state index >= 15 is 0 Å². The number of thioether (sulfide) groups is 1. The Bertz CT molecular complexity index is 1220. The number of aromatic nitrogens is 4. The quantitative estimate of drug-likeness (QED) is 0.437. The summed E-state index contributed by atoms with van der Waals surface area (Å²) in [6.07, 6.45) is 3.36. The number of halogens is 1. The van der Waals surface area contributed by atoms with Crippen LogP contribution in [-0.2, 0) is 5.75 Å². The predicted molar refractivity (Wildman–Crippen MR) is 113 cm³/mol. The van der Waals surface area contributed by atoms with Crippen molar-refractivity contribution in [3.8, 4) is 17.1 Å². The van der Waals surface area contributed by atoms with Gasteiger partial charge in [-0.3, -0.25) is 9.36 Å². The van der Waals surface area contributed by atoms with E-state index in [4.69, 9.17) is 4.42 Å². The fraction of sp³-hybridized carbons (Fsp3) is 0.182. The lowest BCUT2D eigenvalue weighted by Gasteiger charge is -2.10. The Labute approximate surface area is 181 Å². The first-order chi connectivity index (χ1) is 15.2. The standard InChI is InChI=1S/C22H18FN5O2S/c23-16-8-4-5-9-18(16)28-20(14-6-2-1-3-7-14)26-27-22(28)31-13-19-25-17(12-30-19)21(29)24-15-10-11-15/h1-9,12,15H,10-11,13H2,(H,24,29). The molecule has 0 aliphatic heterocycles. The van der Waals surface area contributed by atoms with Crippen LogP contribution in [-0.4, -0.2) is 31.7 Å². The van der Waals surface area contributed by atoms with Gasteiger partial charge in [-0.15, -0.1) is 10.2 Å². The van der Waals surface area contributed by atoms with Gasteiger partial charge in [0, 0.05) is 11.6 Å². The average Bonchev–Trinajstić information content (AvgIpc) is 3.31. The number of benzene rings is 2. The number of nitrogens with one attached hydrogen (secondary N) is 1. The molecule has 0 spiro atoms. The largest absolute Gasteiger partial charge is 0.447 e. The van der Waals surface area contributed by atoms with Crippen LogP contribution in [0.2, 0.25) is 0 Å². The molecule has 0 bridgehead atoms. The van der Waals surface area contributed by atoms with Crippen LogP contribution in [0.4, 0.5) is 4.39 Å². The summed E-state index contributed by atoms with van der Waals surface area (Å²) in [4.78, 5) is 16.4. The highest BCUT2D eigenvalue weighted by atomic mass is 32.2. The van der Waals surface area contributed by atoms with Gasteiger partial charge in [0.15, 0.2) is 16.7 Å². The van der Waals surface area contributed by atoms with Gasteiger partial charge in [0.25, 0.3) is 5.91 Å². The molecule has 2 heterocycles. The lowest BCUT2D eigenvalue weighted by Crippen LogP contribution is -2.25. The van der Waals surface area contributed by atoms with Crippen molar-refractivity contribution in [3.05, 3.63) is 78.3 Å². The van der Waals surface area contributed by atoms with Gasteiger partial charge in [-0.05, 0) is 25.0 Å². The second-order valence-corrected chi connectivity index (χ2v) is 8.06. The molecule has 2 aromatic carbocycles. The van der Waals surface area contributed by atoms with Gasteiger partial charge in [-0.2, -0.15) is 0 Å². The Morgan fingerprint density at radius 1 is 1.13 bits per heavy atom. The molecule has 0 unspecified atom stereocenters. The van der Waals surface area contributed by atoms with E-state index in [0.29, 0.717) is 28.3 Å². The van der Waals surface area contributed by atoms with E-state index in [2.05, 4.69) is 20.5 Å². The van der Waals surface area contributed by atoms with Crippen molar-refractivity contribution in [3.63, 3.8) is 0 Å². The molecule has 31 heavy (non-hydrogen) atoms. The van der Waals surface area contributed by atoms with E-state index in [1.54, 1.807) is 22.8 Å². The molecule has 1 aliphatic rings. The summed E-state index contributed by atoms with van der Waals surface area (Å²) in [5.41, 5.74) is 1.43. The molecule has 1 aliphatic carbocycles. The summed E-state index contributed by atoms with van der Waals surface area (Å²) in [5.74, 6) is 0.623. The lowest BCUT2D eigenvalue weighted by atomic mass is 10.2. The number of carbonyl (C=O) groups excluding carboxylic acids is 1. The Kier molecular flexibility index (Phi) is 5.25. The van der Waals surface area contributed by atoms with Crippen LogP contribution in [0.3, 0.4) is 0 Å². The Morgan fingerprint density at radius 3 is 2.68 bits per heavy atom. The third-order valence-corrected chi connectivity index (χ3v) is 5.69. The number of para-hydroxylation sites is 1. The molecule has 1 amide bonds. The smallest absolute Gasteiger partial charge is 0.273 e. The maximum atomic E-state index is 14.6. The summed E-state index contributed by atoms with van der Waals surface area (Å²) >= 11 is 1.31. The molecule has 0 radical (unpaired) electrons. The molecule has 5 rings (SSSR count). The third kappa shape index (κ3) is 4.22. The van der Waals surface area contributed by atoms with Gasteiger partial charge in [0.2, 0.25) is 5.89 Å². The van der Waals surface area contributed by atoms with Gasteiger partial charge in [0.05, 0.1) is 11.4 Å². The van der Waals surface area contributed by atoms with Crippen molar-refractivity contribution in [1.29, 1.82) is 0 Å². The van der Waals surface area contributed by atoms with Crippen molar-refractivity contribution in [2.75, 3.05) is 0 Å². The van der Waals surface area contributed by atoms with Crippen molar-refractivity contribution >= 4 is 17.7 Å². The molecule has 0 atom stereocenters. The maximum absolute atomic E-state index is 14.6. The van der Waals surface area contributed by atoms with E-state index in [1.807, 2.05) is 30.3 Å². The molecule has 0 saturated heterocycles. The minimum absolute atomic E-state index is 0.233. The molecule has 9 heteroatoms. The van der Waals surface area contributed by atoms with E-state index in [0.717, 1.165) is 18.4 Å². The summed E-state index contributed by atoms with van der Waals surface area (Å²) in [5, 5.41) is 11.9. The molecule has 156 valence electrons. The maximum Gasteiger partial charge on any atom is 0.273 e. The van der Waals surface area contributed by atoms with Crippen LogP contribution in [0, 0.1) is 5.82 Å². The number of amides is 1. The number of hydrogen-bond acceptors (Lipinski definition) is 6. The molecule has 1 fully saturated rings. The normalized spacial score (nSPS) is 13.3. The molecular weight excluding hydrogens is 417 g/mol. The van der Waals surface area contributed by atoms with Crippen LogP contribution >= 0.6 is 11.8 Å². The Hall–Kier alpha value is -3.46. The SMILES string of the molecule is O=C(NC1CC1)c1coc(CSc2nnc(-c3ccccc3)n2-c2ccccc2F)n1. The topological polar surface area (TPSA) is 85.8 Å². The summed E-state index contributed by atoms with van der Waals surface area (Å²) in [6, 6.07) is 16.2. The minimum Gasteiger partial charge on any atom is -0.447 e. The molecule has 4 aromatic rings. The van der Waals surface area contributed by atoms with Gasteiger partial charge < -0.3 is 9.73 Å². The number of carbonyl (C=O) groups is 1. The van der Waals surface area contributed by atoms with Crippen molar-refractivity contribution in [2.45, 2.75) is 29.8 Å². The number of hydrogen-bond donors (Lipinski definition) is 1. The van der Waals surface area contributed by atoms with Crippen molar-refractivity contribution in [2.24, 2.45) is 0 Å². The Morgan fingerprint density at radius 2 is 1.90 bits per heavy atom. The fourth-order valence-corrected chi connectivity index (χ4v) is 3.88. The fourth-order valence-electron chi connectivity index (χ4n) is 3.08. The van der Waals surface area contributed by atoms with E-state index in [1.165, 1.54) is 24.1 Å². The zero-order chi connectivity index (χ0) is 21.2. The van der Waals surface area contributed by atoms with Gasteiger partial charge >= 0.3 is 0 Å². The molecule has 1 saturated carbocycles.